The lowest BCUT2D eigenvalue weighted by atomic mass is 10.0. The van der Waals surface area contributed by atoms with Crippen molar-refractivity contribution in [2.45, 2.75) is 25.7 Å². The van der Waals surface area contributed by atoms with Gasteiger partial charge in [0.05, 0.1) is 31.6 Å². The first-order chi connectivity index (χ1) is 15.7. The molecule has 1 aliphatic rings. The van der Waals surface area contributed by atoms with E-state index in [1.807, 2.05) is 6.07 Å². The fourth-order valence-electron chi connectivity index (χ4n) is 3.50. The predicted octanol–water partition coefficient (Wildman–Crippen LogP) is 5.43. The first kappa shape index (κ1) is 21.4. The largest absolute Gasteiger partial charge is 0.493 e. The molecule has 0 radical (unpaired) electrons. The highest BCUT2D eigenvalue weighted by atomic mass is 16.5. The maximum Gasteiger partial charge on any atom is 0.224 e. The van der Waals surface area contributed by atoms with Crippen molar-refractivity contribution in [1.29, 1.82) is 0 Å². The third kappa shape index (κ3) is 5.06. The summed E-state index contributed by atoms with van der Waals surface area (Å²) in [4.78, 5) is 20.9. The van der Waals surface area contributed by atoms with E-state index < -0.39 is 0 Å². The number of amides is 1. The highest BCUT2D eigenvalue weighted by Crippen LogP contribution is 2.36. The number of hydrogen-bond donors (Lipinski definition) is 1. The molecule has 7 heteroatoms. The van der Waals surface area contributed by atoms with Crippen LogP contribution >= 0.6 is 0 Å². The lowest BCUT2D eigenvalue weighted by Crippen LogP contribution is -2.11. The molecule has 0 atom stereocenters. The Morgan fingerprint density at radius 1 is 1.03 bits per heavy atom. The summed E-state index contributed by atoms with van der Waals surface area (Å²) in [5, 5.41) is 3.65. The van der Waals surface area contributed by atoms with Crippen LogP contribution in [0, 0.1) is 0 Å². The highest BCUT2D eigenvalue weighted by Gasteiger charge is 2.12. The molecule has 4 rings (SSSR count). The maximum absolute atomic E-state index is 12.2. The number of methoxy groups -OCH3 is 2. The number of ether oxygens (including phenoxy) is 3. The number of pyridine rings is 2. The van der Waals surface area contributed by atoms with Crippen LogP contribution in [0.2, 0.25) is 0 Å². The topological polar surface area (TPSA) is 82.6 Å². The van der Waals surface area contributed by atoms with Crippen LogP contribution in [-0.4, -0.2) is 30.1 Å². The molecule has 32 heavy (non-hydrogen) atoms. The van der Waals surface area contributed by atoms with Gasteiger partial charge in [0.2, 0.25) is 11.8 Å². The Kier molecular flexibility index (Phi) is 6.65. The standard InChI is InChI=1S/C25H25N3O4/c1-30-22-14-19-20(15-23(22)31-2)26-13-12-21(19)32-25-11-9-18(16-27-25)28-24(29)10-8-17-6-4-3-5-7-17/h4,6-7,9,11-16H,3,5,8,10H2,1-2H3,(H,28,29). The Bertz CT molecular complexity index is 1170. The van der Waals surface area contributed by atoms with E-state index in [9.17, 15) is 4.79 Å². The number of carbonyl (C=O) groups excluding carboxylic acids is 1. The van der Waals surface area contributed by atoms with Gasteiger partial charge in [-0.3, -0.25) is 9.78 Å². The summed E-state index contributed by atoms with van der Waals surface area (Å²) < 4.78 is 16.7. The number of rotatable bonds is 8. The van der Waals surface area contributed by atoms with Crippen LogP contribution in [0.3, 0.4) is 0 Å². The number of nitrogens with zero attached hydrogens (tertiary/aromatic N) is 2. The third-order valence-corrected chi connectivity index (χ3v) is 5.15. The third-order valence-electron chi connectivity index (χ3n) is 5.15. The van der Waals surface area contributed by atoms with Crippen molar-refractivity contribution in [2.24, 2.45) is 0 Å². The number of fused-ring (bicyclic) bond motifs is 1. The van der Waals surface area contributed by atoms with Crippen LogP contribution in [0.1, 0.15) is 25.7 Å². The number of allylic oxidation sites excluding steroid dienone is 4. The van der Waals surface area contributed by atoms with Crippen LogP contribution in [-0.2, 0) is 4.79 Å². The second kappa shape index (κ2) is 9.96. The fourth-order valence-corrected chi connectivity index (χ4v) is 3.50. The molecule has 3 aromatic rings. The van der Waals surface area contributed by atoms with Gasteiger partial charge in [-0.05, 0) is 37.5 Å². The summed E-state index contributed by atoms with van der Waals surface area (Å²) in [6, 6.07) is 8.87. The van der Waals surface area contributed by atoms with E-state index in [0.29, 0.717) is 40.8 Å². The normalized spacial score (nSPS) is 12.9. The average Bonchev–Trinajstić information content (AvgIpc) is 2.84. The minimum absolute atomic E-state index is 0.0403. The summed E-state index contributed by atoms with van der Waals surface area (Å²) in [6.45, 7) is 0. The Hall–Kier alpha value is -3.87. The van der Waals surface area contributed by atoms with Gasteiger partial charge >= 0.3 is 0 Å². The predicted molar refractivity (Wildman–Crippen MR) is 123 cm³/mol. The van der Waals surface area contributed by atoms with Crippen LogP contribution < -0.4 is 19.5 Å². The van der Waals surface area contributed by atoms with Gasteiger partial charge < -0.3 is 19.5 Å². The van der Waals surface area contributed by atoms with Gasteiger partial charge in [-0.1, -0.05) is 23.8 Å². The highest BCUT2D eigenvalue weighted by molar-refractivity contribution is 5.91. The molecule has 1 aliphatic carbocycles. The molecule has 1 amide bonds. The second-order valence-corrected chi connectivity index (χ2v) is 7.33. The Morgan fingerprint density at radius 2 is 1.88 bits per heavy atom. The van der Waals surface area contributed by atoms with Gasteiger partial charge in [0.1, 0.15) is 5.75 Å². The number of nitrogens with one attached hydrogen (secondary N) is 1. The number of carbonyl (C=O) groups is 1. The average molecular weight is 431 g/mol. The quantitative estimate of drug-likeness (QED) is 0.512. The Balaban J connectivity index is 1.42. The maximum atomic E-state index is 12.2. The molecular formula is C25H25N3O4. The van der Waals surface area contributed by atoms with Crippen molar-refractivity contribution >= 4 is 22.5 Å². The smallest absolute Gasteiger partial charge is 0.224 e. The number of hydrogen-bond acceptors (Lipinski definition) is 6. The molecule has 0 fully saturated rings. The van der Waals surface area contributed by atoms with Crippen molar-refractivity contribution in [3.63, 3.8) is 0 Å². The minimum Gasteiger partial charge on any atom is -0.493 e. The summed E-state index contributed by atoms with van der Waals surface area (Å²) in [7, 11) is 3.16. The monoisotopic (exact) mass is 431 g/mol. The van der Waals surface area contributed by atoms with Gasteiger partial charge in [-0.2, -0.15) is 0 Å². The Labute approximate surface area is 186 Å². The molecule has 164 valence electrons. The molecule has 0 saturated carbocycles. The lowest BCUT2D eigenvalue weighted by molar-refractivity contribution is -0.116. The van der Waals surface area contributed by atoms with Crippen molar-refractivity contribution < 1.29 is 19.0 Å². The number of anilines is 1. The minimum atomic E-state index is -0.0403. The van der Waals surface area contributed by atoms with Crippen molar-refractivity contribution in [3.8, 4) is 23.1 Å². The molecule has 1 aromatic carbocycles. The van der Waals surface area contributed by atoms with E-state index in [2.05, 4.69) is 33.5 Å². The van der Waals surface area contributed by atoms with Crippen LogP contribution in [0.25, 0.3) is 10.9 Å². The summed E-state index contributed by atoms with van der Waals surface area (Å²) in [6.07, 6.45) is 13.0. The van der Waals surface area contributed by atoms with E-state index in [0.717, 1.165) is 24.6 Å². The Morgan fingerprint density at radius 3 is 2.59 bits per heavy atom. The van der Waals surface area contributed by atoms with Gasteiger partial charge in [-0.15, -0.1) is 0 Å². The molecule has 1 N–H and O–H groups in total. The van der Waals surface area contributed by atoms with Gasteiger partial charge in [0, 0.05) is 30.1 Å². The molecule has 0 unspecified atom stereocenters. The molecule has 0 spiro atoms. The molecule has 2 heterocycles. The fraction of sp³-hybridized carbons (Fsp3) is 0.240. The molecule has 0 bridgehead atoms. The second-order valence-electron chi connectivity index (χ2n) is 7.33. The summed E-state index contributed by atoms with van der Waals surface area (Å²) in [5.41, 5.74) is 2.56. The van der Waals surface area contributed by atoms with Crippen molar-refractivity contribution in [2.75, 3.05) is 19.5 Å². The van der Waals surface area contributed by atoms with Crippen molar-refractivity contribution in [1.82, 2.24) is 9.97 Å². The SMILES string of the molecule is COc1cc2nccc(Oc3ccc(NC(=O)CCC4=CCCC=C4)cn3)c2cc1OC. The van der Waals surface area contributed by atoms with E-state index in [1.54, 1.807) is 50.9 Å². The van der Waals surface area contributed by atoms with Crippen LogP contribution in [0.5, 0.6) is 23.1 Å². The molecule has 0 aliphatic heterocycles. The van der Waals surface area contributed by atoms with Gasteiger partial charge in [0.15, 0.2) is 11.5 Å². The van der Waals surface area contributed by atoms with Crippen LogP contribution in [0.4, 0.5) is 5.69 Å². The van der Waals surface area contributed by atoms with E-state index in [4.69, 9.17) is 14.2 Å². The van der Waals surface area contributed by atoms with E-state index >= 15 is 0 Å². The van der Waals surface area contributed by atoms with E-state index in [-0.39, 0.29) is 5.91 Å². The van der Waals surface area contributed by atoms with Gasteiger partial charge in [-0.25, -0.2) is 4.98 Å². The molecular weight excluding hydrogens is 406 g/mol. The molecule has 2 aromatic heterocycles. The molecule has 0 saturated heterocycles. The van der Waals surface area contributed by atoms with Gasteiger partial charge in [0.25, 0.3) is 0 Å². The summed E-state index contributed by atoms with van der Waals surface area (Å²) >= 11 is 0. The lowest BCUT2D eigenvalue weighted by Gasteiger charge is -2.12. The van der Waals surface area contributed by atoms with E-state index in [1.165, 1.54) is 5.57 Å². The first-order valence-electron chi connectivity index (χ1n) is 10.5. The number of benzene rings is 1. The zero-order valence-electron chi connectivity index (χ0n) is 18.1. The molecule has 7 nitrogen and oxygen atoms in total. The zero-order chi connectivity index (χ0) is 22.3. The first-order valence-corrected chi connectivity index (χ1v) is 10.5. The van der Waals surface area contributed by atoms with Crippen LogP contribution in [0.15, 0.2) is 66.5 Å². The zero-order valence-corrected chi connectivity index (χ0v) is 18.1. The van der Waals surface area contributed by atoms with Crippen molar-refractivity contribution in [3.05, 3.63) is 66.5 Å². The number of aromatic nitrogens is 2. The summed E-state index contributed by atoms with van der Waals surface area (Å²) in [5.74, 6) is 2.14.